The van der Waals surface area contributed by atoms with E-state index in [1.807, 2.05) is 52.9 Å². The lowest BCUT2D eigenvalue weighted by atomic mass is 10.2. The Morgan fingerprint density at radius 1 is 1.38 bits per heavy atom. The number of hydrogen-bond donors (Lipinski definition) is 1. The van der Waals surface area contributed by atoms with Crippen LogP contribution in [0.1, 0.15) is 59.9 Å². The Morgan fingerprint density at radius 3 is 2.58 bits per heavy atom. The Hall–Kier alpha value is -1.75. The second kappa shape index (κ2) is 9.52. The first-order chi connectivity index (χ1) is 11.2. The molecule has 0 unspecified atom stereocenters. The molecular weight excluding hydrogens is 320 g/mol. The molecule has 0 aliphatic rings. The van der Waals surface area contributed by atoms with Gasteiger partial charge in [-0.15, -0.1) is 0 Å². The highest BCUT2D eigenvalue weighted by Gasteiger charge is 2.18. The fourth-order valence-corrected chi connectivity index (χ4v) is 2.76. The van der Waals surface area contributed by atoms with Gasteiger partial charge in [0, 0.05) is 22.9 Å². The Morgan fingerprint density at radius 2 is 2.08 bits per heavy atom. The van der Waals surface area contributed by atoms with E-state index in [1.165, 1.54) is 11.8 Å². The fourth-order valence-electron chi connectivity index (χ4n) is 1.76. The number of allylic oxidation sites excluding steroid dienone is 2. The Bertz CT molecular complexity index is 598. The minimum atomic E-state index is -0.522. The van der Waals surface area contributed by atoms with Gasteiger partial charge < -0.3 is 4.74 Å². The summed E-state index contributed by atoms with van der Waals surface area (Å²) in [6.07, 6.45) is 7.37. The molecule has 24 heavy (non-hydrogen) atoms. The third kappa shape index (κ3) is 7.68. The summed E-state index contributed by atoms with van der Waals surface area (Å²) in [5.74, 6) is 0. The summed E-state index contributed by atoms with van der Waals surface area (Å²) in [6.45, 7) is 11.6. The average molecular weight is 349 g/mol. The normalized spacial score (nSPS) is 11.8. The third-order valence-corrected chi connectivity index (χ3v) is 4.18. The SMILES string of the molecule is CCC/C=C(/SC(NC(=O)OC(C)(C)C)=C(C)C)c1cccnc1. The van der Waals surface area contributed by atoms with Crippen molar-refractivity contribution in [3.63, 3.8) is 0 Å². The van der Waals surface area contributed by atoms with Gasteiger partial charge in [0.25, 0.3) is 0 Å². The van der Waals surface area contributed by atoms with Crippen LogP contribution < -0.4 is 5.32 Å². The van der Waals surface area contributed by atoms with Gasteiger partial charge in [-0.05, 0) is 52.7 Å². The topological polar surface area (TPSA) is 51.2 Å². The summed E-state index contributed by atoms with van der Waals surface area (Å²) in [4.78, 5) is 17.4. The number of alkyl carbamates (subject to hydrolysis) is 1. The molecule has 132 valence electrons. The number of nitrogens with one attached hydrogen (secondary N) is 1. The number of carbonyl (C=O) groups is 1. The molecule has 0 aliphatic carbocycles. The van der Waals surface area contributed by atoms with Crippen LogP contribution in [-0.2, 0) is 4.74 Å². The second-order valence-corrected chi connectivity index (χ2v) is 7.71. The van der Waals surface area contributed by atoms with Crippen LogP contribution in [0, 0.1) is 0 Å². The van der Waals surface area contributed by atoms with Crippen LogP contribution in [0.25, 0.3) is 4.91 Å². The van der Waals surface area contributed by atoms with E-state index in [0.29, 0.717) is 0 Å². The second-order valence-electron chi connectivity index (χ2n) is 6.66. The first kappa shape index (κ1) is 20.3. The van der Waals surface area contributed by atoms with Crippen molar-refractivity contribution in [3.8, 4) is 0 Å². The molecule has 1 aromatic heterocycles. The van der Waals surface area contributed by atoms with Gasteiger partial charge in [-0.25, -0.2) is 4.79 Å². The van der Waals surface area contributed by atoms with Gasteiger partial charge in [0.05, 0.1) is 5.03 Å². The van der Waals surface area contributed by atoms with Crippen molar-refractivity contribution in [1.29, 1.82) is 0 Å². The van der Waals surface area contributed by atoms with Crippen LogP contribution in [0.4, 0.5) is 4.79 Å². The van der Waals surface area contributed by atoms with E-state index in [4.69, 9.17) is 4.74 Å². The molecule has 1 aromatic rings. The van der Waals surface area contributed by atoms with E-state index in [1.54, 1.807) is 6.20 Å². The summed E-state index contributed by atoms with van der Waals surface area (Å²) < 4.78 is 5.36. The molecule has 1 heterocycles. The molecular formula is C19H28N2O2S. The third-order valence-electron chi connectivity index (χ3n) is 2.85. The largest absolute Gasteiger partial charge is 0.444 e. The van der Waals surface area contributed by atoms with E-state index in [-0.39, 0.29) is 0 Å². The molecule has 5 heteroatoms. The van der Waals surface area contributed by atoms with Gasteiger partial charge in [-0.3, -0.25) is 10.3 Å². The smallest absolute Gasteiger partial charge is 0.412 e. The van der Waals surface area contributed by atoms with Gasteiger partial charge in [-0.1, -0.05) is 37.2 Å². The number of rotatable bonds is 6. The number of hydrogen-bond acceptors (Lipinski definition) is 4. The number of pyridine rings is 1. The van der Waals surface area contributed by atoms with E-state index in [0.717, 1.165) is 33.9 Å². The number of carbonyl (C=O) groups excluding carboxylic acids is 1. The maximum atomic E-state index is 12.1. The maximum Gasteiger partial charge on any atom is 0.412 e. The van der Waals surface area contributed by atoms with Crippen molar-refractivity contribution >= 4 is 22.8 Å². The van der Waals surface area contributed by atoms with Crippen molar-refractivity contribution in [1.82, 2.24) is 10.3 Å². The van der Waals surface area contributed by atoms with Crippen LogP contribution in [-0.4, -0.2) is 16.7 Å². The van der Waals surface area contributed by atoms with Crippen LogP contribution in [0.3, 0.4) is 0 Å². The quantitative estimate of drug-likeness (QED) is 0.713. The lowest BCUT2D eigenvalue weighted by molar-refractivity contribution is 0.0550. The molecule has 0 atom stereocenters. The molecule has 0 fully saturated rings. The van der Waals surface area contributed by atoms with E-state index in [9.17, 15) is 4.79 Å². The molecule has 0 aliphatic heterocycles. The monoisotopic (exact) mass is 348 g/mol. The highest BCUT2D eigenvalue weighted by Crippen LogP contribution is 2.34. The van der Waals surface area contributed by atoms with Gasteiger partial charge in [-0.2, -0.15) is 0 Å². The predicted octanol–water partition coefficient (Wildman–Crippen LogP) is 5.73. The summed E-state index contributed by atoms with van der Waals surface area (Å²) in [6, 6.07) is 3.94. The molecule has 4 nitrogen and oxygen atoms in total. The Labute approximate surface area is 149 Å². The number of nitrogens with zero attached hydrogens (tertiary/aromatic N) is 1. The molecule has 1 amide bonds. The van der Waals surface area contributed by atoms with Crippen molar-refractivity contribution in [2.45, 2.75) is 60.0 Å². The summed E-state index contributed by atoms with van der Waals surface area (Å²) in [5, 5.41) is 3.66. The molecule has 0 bridgehead atoms. The fraction of sp³-hybridized carbons (Fsp3) is 0.474. The van der Waals surface area contributed by atoms with Crippen LogP contribution >= 0.6 is 11.8 Å². The average Bonchev–Trinajstić information content (AvgIpc) is 2.49. The molecule has 0 spiro atoms. The highest BCUT2D eigenvalue weighted by atomic mass is 32.2. The molecule has 0 aromatic carbocycles. The van der Waals surface area contributed by atoms with Crippen LogP contribution in [0.15, 0.2) is 41.2 Å². The van der Waals surface area contributed by atoms with E-state index < -0.39 is 11.7 Å². The molecule has 1 rings (SSSR count). The zero-order chi connectivity index (χ0) is 18.2. The number of aromatic nitrogens is 1. The number of ether oxygens (including phenoxy) is 1. The molecule has 0 saturated carbocycles. The minimum absolute atomic E-state index is 0.438. The number of amides is 1. The van der Waals surface area contributed by atoms with Gasteiger partial charge in [0.1, 0.15) is 5.60 Å². The number of thioether (sulfide) groups is 1. The Balaban J connectivity index is 2.96. The van der Waals surface area contributed by atoms with Crippen LogP contribution in [0.5, 0.6) is 0 Å². The van der Waals surface area contributed by atoms with Gasteiger partial charge >= 0.3 is 6.09 Å². The Kier molecular flexibility index (Phi) is 8.05. The highest BCUT2D eigenvalue weighted by molar-refractivity contribution is 8.11. The van der Waals surface area contributed by atoms with Gasteiger partial charge in [0.15, 0.2) is 0 Å². The van der Waals surface area contributed by atoms with Crippen molar-refractivity contribution in [2.75, 3.05) is 0 Å². The van der Waals surface area contributed by atoms with Crippen molar-refractivity contribution in [3.05, 3.63) is 46.8 Å². The van der Waals surface area contributed by atoms with E-state index >= 15 is 0 Å². The molecule has 0 saturated heterocycles. The zero-order valence-corrected chi connectivity index (χ0v) is 16.3. The van der Waals surface area contributed by atoms with Crippen molar-refractivity contribution in [2.24, 2.45) is 0 Å². The predicted molar refractivity (Wildman–Crippen MR) is 102 cm³/mol. The lowest BCUT2D eigenvalue weighted by Crippen LogP contribution is -2.31. The zero-order valence-electron chi connectivity index (χ0n) is 15.5. The summed E-state index contributed by atoms with van der Waals surface area (Å²) in [5.41, 5.74) is 1.55. The minimum Gasteiger partial charge on any atom is -0.444 e. The summed E-state index contributed by atoms with van der Waals surface area (Å²) in [7, 11) is 0. The van der Waals surface area contributed by atoms with Gasteiger partial charge in [0.2, 0.25) is 0 Å². The first-order valence-electron chi connectivity index (χ1n) is 8.19. The number of unbranched alkanes of at least 4 members (excludes halogenated alkanes) is 1. The van der Waals surface area contributed by atoms with Crippen molar-refractivity contribution < 1.29 is 9.53 Å². The lowest BCUT2D eigenvalue weighted by Gasteiger charge is -2.21. The standard InChI is InChI=1S/C19H28N2O2S/c1-7-8-11-16(15-10-9-12-20-13-15)24-17(14(2)3)21-18(22)23-19(4,5)6/h9-13H,7-8H2,1-6H3,(H,21,22)/b16-11+. The summed E-state index contributed by atoms with van der Waals surface area (Å²) >= 11 is 1.53. The molecule has 1 N–H and O–H groups in total. The first-order valence-corrected chi connectivity index (χ1v) is 9.00. The maximum absolute atomic E-state index is 12.1. The van der Waals surface area contributed by atoms with Crippen LogP contribution in [0.2, 0.25) is 0 Å². The van der Waals surface area contributed by atoms with E-state index in [2.05, 4.69) is 23.3 Å². The molecule has 0 radical (unpaired) electrons.